The summed E-state index contributed by atoms with van der Waals surface area (Å²) in [6.07, 6.45) is 0. The van der Waals surface area contributed by atoms with Crippen LogP contribution in [-0.2, 0) is 17.8 Å². The predicted molar refractivity (Wildman–Crippen MR) is 106 cm³/mol. The topological polar surface area (TPSA) is 48.9 Å². The molecule has 2 N–H and O–H groups in total. The highest BCUT2D eigenvalue weighted by molar-refractivity contribution is 7.11. The van der Waals surface area contributed by atoms with Gasteiger partial charge in [0.2, 0.25) is 0 Å². The Morgan fingerprint density at radius 3 is 2.60 bits per heavy atom. The molecular formula is C19H26N4OS. The van der Waals surface area contributed by atoms with Crippen LogP contribution in [0.3, 0.4) is 0 Å². The molecule has 1 fully saturated rings. The van der Waals surface area contributed by atoms with Crippen LogP contribution in [0.1, 0.15) is 15.3 Å². The predicted octanol–water partition coefficient (Wildman–Crippen LogP) is 2.76. The van der Waals surface area contributed by atoms with Gasteiger partial charge >= 0.3 is 0 Å². The van der Waals surface area contributed by atoms with E-state index in [9.17, 15) is 0 Å². The number of morpholine rings is 1. The van der Waals surface area contributed by atoms with Crippen LogP contribution in [-0.4, -0.2) is 39.3 Å². The number of aliphatic imine (C=N–C) groups is 1. The Morgan fingerprint density at radius 1 is 1.12 bits per heavy atom. The number of rotatable bonds is 5. The van der Waals surface area contributed by atoms with Crippen molar-refractivity contribution in [1.29, 1.82) is 0 Å². The first-order valence-corrected chi connectivity index (χ1v) is 9.48. The van der Waals surface area contributed by atoms with Gasteiger partial charge in [0.05, 0.1) is 19.8 Å². The van der Waals surface area contributed by atoms with E-state index >= 15 is 0 Å². The smallest absolute Gasteiger partial charge is 0.191 e. The van der Waals surface area contributed by atoms with Crippen molar-refractivity contribution in [1.82, 2.24) is 10.6 Å². The number of thiophene rings is 1. The number of anilines is 1. The maximum Gasteiger partial charge on any atom is 0.191 e. The van der Waals surface area contributed by atoms with Crippen LogP contribution in [0, 0.1) is 6.92 Å². The van der Waals surface area contributed by atoms with Crippen molar-refractivity contribution >= 4 is 23.0 Å². The second kappa shape index (κ2) is 8.87. The standard InChI is InChI=1S/C19H26N4OS/c1-15-7-8-17(25-15)14-22-19(20-2)21-13-16-5-3-4-6-18(16)23-9-11-24-12-10-23/h3-8H,9-14H2,1-2H3,(H2,20,21,22). The Morgan fingerprint density at radius 2 is 1.88 bits per heavy atom. The van der Waals surface area contributed by atoms with Crippen LogP contribution in [0.25, 0.3) is 0 Å². The molecule has 0 saturated carbocycles. The van der Waals surface area contributed by atoms with E-state index in [1.165, 1.54) is 21.0 Å². The summed E-state index contributed by atoms with van der Waals surface area (Å²) < 4.78 is 5.47. The molecule has 0 aliphatic carbocycles. The molecular weight excluding hydrogens is 332 g/mol. The van der Waals surface area contributed by atoms with E-state index in [1.54, 1.807) is 0 Å². The molecule has 2 aromatic rings. The summed E-state index contributed by atoms with van der Waals surface area (Å²) in [6, 6.07) is 12.9. The quantitative estimate of drug-likeness (QED) is 0.637. The van der Waals surface area contributed by atoms with Crippen LogP contribution >= 0.6 is 11.3 Å². The fourth-order valence-electron chi connectivity index (χ4n) is 2.92. The van der Waals surface area contributed by atoms with E-state index in [0.29, 0.717) is 0 Å². The zero-order chi connectivity index (χ0) is 17.5. The first-order chi connectivity index (χ1) is 12.3. The first kappa shape index (κ1) is 17.8. The number of hydrogen-bond acceptors (Lipinski definition) is 4. The molecule has 5 nitrogen and oxygen atoms in total. The number of guanidine groups is 1. The third kappa shape index (κ3) is 4.96. The Bertz CT molecular complexity index is 707. The number of para-hydroxylation sites is 1. The molecule has 3 rings (SSSR count). The van der Waals surface area contributed by atoms with E-state index < -0.39 is 0 Å². The van der Waals surface area contributed by atoms with Gasteiger partial charge in [0, 0.05) is 42.1 Å². The molecule has 1 aliphatic heterocycles. The SMILES string of the molecule is CN=C(NCc1ccc(C)s1)NCc1ccccc1N1CCOCC1. The second-order valence-corrected chi connectivity index (χ2v) is 7.39. The van der Waals surface area contributed by atoms with Crippen molar-refractivity contribution in [3.63, 3.8) is 0 Å². The van der Waals surface area contributed by atoms with Crippen LogP contribution in [0.2, 0.25) is 0 Å². The van der Waals surface area contributed by atoms with Crippen molar-refractivity contribution in [2.75, 3.05) is 38.3 Å². The molecule has 134 valence electrons. The summed E-state index contributed by atoms with van der Waals surface area (Å²) in [7, 11) is 1.81. The molecule has 0 radical (unpaired) electrons. The minimum atomic E-state index is 0.747. The maximum atomic E-state index is 5.47. The number of aryl methyl sites for hydroxylation is 1. The Kier molecular flexibility index (Phi) is 6.30. The van der Waals surface area contributed by atoms with Crippen LogP contribution in [0.5, 0.6) is 0 Å². The molecule has 1 saturated heterocycles. The average Bonchev–Trinajstić information content (AvgIpc) is 3.08. The maximum absolute atomic E-state index is 5.47. The molecule has 0 bridgehead atoms. The van der Waals surface area contributed by atoms with Crippen molar-refractivity contribution in [2.24, 2.45) is 4.99 Å². The highest BCUT2D eigenvalue weighted by atomic mass is 32.1. The van der Waals surface area contributed by atoms with Crippen molar-refractivity contribution in [2.45, 2.75) is 20.0 Å². The summed E-state index contributed by atoms with van der Waals surface area (Å²) >= 11 is 1.81. The molecule has 6 heteroatoms. The summed E-state index contributed by atoms with van der Waals surface area (Å²) in [4.78, 5) is 9.37. The molecule has 1 aliphatic rings. The molecule has 0 unspecified atom stereocenters. The van der Waals surface area contributed by atoms with Crippen LogP contribution in [0.4, 0.5) is 5.69 Å². The Labute approximate surface area is 153 Å². The van der Waals surface area contributed by atoms with Crippen LogP contribution < -0.4 is 15.5 Å². The molecule has 1 aromatic carbocycles. The lowest BCUT2D eigenvalue weighted by Crippen LogP contribution is -2.38. The molecule has 0 spiro atoms. The minimum Gasteiger partial charge on any atom is -0.378 e. The van der Waals surface area contributed by atoms with Crippen molar-refractivity contribution in [3.8, 4) is 0 Å². The van der Waals surface area contributed by atoms with E-state index in [4.69, 9.17) is 4.74 Å². The van der Waals surface area contributed by atoms with Gasteiger partial charge in [-0.25, -0.2) is 0 Å². The van der Waals surface area contributed by atoms with Crippen molar-refractivity contribution in [3.05, 3.63) is 51.7 Å². The van der Waals surface area contributed by atoms with Gasteiger partial charge in [0.25, 0.3) is 0 Å². The van der Waals surface area contributed by atoms with Gasteiger partial charge in [-0.3, -0.25) is 4.99 Å². The highest BCUT2D eigenvalue weighted by Gasteiger charge is 2.14. The van der Waals surface area contributed by atoms with Crippen molar-refractivity contribution < 1.29 is 4.74 Å². The Balaban J connectivity index is 1.58. The fourth-order valence-corrected chi connectivity index (χ4v) is 3.75. The number of nitrogens with one attached hydrogen (secondary N) is 2. The molecule has 25 heavy (non-hydrogen) atoms. The summed E-state index contributed by atoms with van der Waals surface area (Å²) in [5.74, 6) is 0.822. The molecule has 0 amide bonds. The lowest BCUT2D eigenvalue weighted by molar-refractivity contribution is 0.122. The normalized spacial score (nSPS) is 15.3. The van der Waals surface area contributed by atoms with Crippen LogP contribution in [0.15, 0.2) is 41.4 Å². The van der Waals surface area contributed by atoms with E-state index in [0.717, 1.165) is 45.4 Å². The second-order valence-electron chi connectivity index (χ2n) is 6.02. The lowest BCUT2D eigenvalue weighted by atomic mass is 10.1. The van der Waals surface area contributed by atoms with E-state index in [-0.39, 0.29) is 0 Å². The summed E-state index contributed by atoms with van der Waals surface area (Å²) in [6.45, 7) is 7.16. The third-order valence-corrected chi connectivity index (χ3v) is 5.24. The number of ether oxygens (including phenoxy) is 1. The van der Waals surface area contributed by atoms with Gasteiger partial charge in [-0.1, -0.05) is 18.2 Å². The molecule has 0 atom stereocenters. The third-order valence-electron chi connectivity index (χ3n) is 4.24. The van der Waals surface area contributed by atoms with E-state index in [2.05, 4.69) is 63.8 Å². The monoisotopic (exact) mass is 358 g/mol. The fraction of sp³-hybridized carbons (Fsp3) is 0.421. The lowest BCUT2D eigenvalue weighted by Gasteiger charge is -2.30. The largest absolute Gasteiger partial charge is 0.378 e. The zero-order valence-corrected chi connectivity index (χ0v) is 15.7. The summed E-state index contributed by atoms with van der Waals surface area (Å²) in [5, 5.41) is 6.81. The summed E-state index contributed by atoms with van der Waals surface area (Å²) in [5.41, 5.74) is 2.56. The van der Waals surface area contributed by atoms with Gasteiger partial charge in [0.15, 0.2) is 5.96 Å². The van der Waals surface area contributed by atoms with Gasteiger partial charge in [-0.15, -0.1) is 11.3 Å². The van der Waals surface area contributed by atoms with Gasteiger partial charge < -0.3 is 20.3 Å². The van der Waals surface area contributed by atoms with Gasteiger partial charge in [-0.05, 0) is 30.7 Å². The van der Waals surface area contributed by atoms with Gasteiger partial charge in [-0.2, -0.15) is 0 Å². The minimum absolute atomic E-state index is 0.747. The number of hydrogen-bond donors (Lipinski definition) is 2. The Hall–Kier alpha value is -2.05. The average molecular weight is 359 g/mol. The number of nitrogens with zero attached hydrogens (tertiary/aromatic N) is 2. The molecule has 2 heterocycles. The molecule has 1 aromatic heterocycles. The highest BCUT2D eigenvalue weighted by Crippen LogP contribution is 2.21. The van der Waals surface area contributed by atoms with E-state index in [1.807, 2.05) is 18.4 Å². The number of benzene rings is 1. The first-order valence-electron chi connectivity index (χ1n) is 8.66. The zero-order valence-electron chi connectivity index (χ0n) is 14.9. The van der Waals surface area contributed by atoms with Gasteiger partial charge in [0.1, 0.15) is 0 Å².